The van der Waals surface area contributed by atoms with Crippen molar-refractivity contribution in [1.82, 2.24) is 4.57 Å². The van der Waals surface area contributed by atoms with Crippen molar-refractivity contribution in [2.75, 3.05) is 25.1 Å². The number of para-hydroxylation sites is 1. The zero-order chi connectivity index (χ0) is 21.1. The maximum atomic E-state index is 12.3. The number of nitrogens with zero attached hydrogens (tertiary/aromatic N) is 2. The first-order chi connectivity index (χ1) is 14.5. The minimum Gasteiger partial charge on any atom is -0.491 e. The number of hydrogen-bond donors (Lipinski definition) is 0. The third-order valence-corrected chi connectivity index (χ3v) is 4.97. The number of carbonyl (C=O) groups excluding carboxylic acids is 1. The third-order valence-electron chi connectivity index (χ3n) is 4.97. The molecule has 1 aliphatic heterocycles. The molecule has 2 heterocycles. The predicted molar refractivity (Wildman–Crippen MR) is 116 cm³/mol. The van der Waals surface area contributed by atoms with Crippen LogP contribution < -0.4 is 14.4 Å². The molecule has 30 heavy (non-hydrogen) atoms. The normalized spacial score (nSPS) is 13.8. The van der Waals surface area contributed by atoms with Gasteiger partial charge >= 0.3 is 5.97 Å². The quantitative estimate of drug-likeness (QED) is 0.547. The first-order valence-electron chi connectivity index (χ1n) is 10.1. The van der Waals surface area contributed by atoms with Gasteiger partial charge in [0, 0.05) is 12.4 Å². The molecule has 0 atom stereocenters. The molecule has 6 nitrogen and oxygen atoms in total. The van der Waals surface area contributed by atoms with Crippen LogP contribution in [0.1, 0.15) is 24.2 Å². The highest BCUT2D eigenvalue weighted by Gasteiger charge is 2.32. The van der Waals surface area contributed by atoms with Gasteiger partial charge in [0.1, 0.15) is 17.6 Å². The van der Waals surface area contributed by atoms with Crippen molar-refractivity contribution < 1.29 is 19.0 Å². The minimum atomic E-state index is -0.349. The first kappa shape index (κ1) is 19.9. The Morgan fingerprint density at radius 2 is 1.63 bits per heavy atom. The molecule has 2 aromatic carbocycles. The maximum absolute atomic E-state index is 12.3. The van der Waals surface area contributed by atoms with E-state index in [-0.39, 0.29) is 18.2 Å². The lowest BCUT2D eigenvalue weighted by Crippen LogP contribution is -2.54. The Morgan fingerprint density at radius 1 is 0.967 bits per heavy atom. The van der Waals surface area contributed by atoms with Crippen molar-refractivity contribution in [2.24, 2.45) is 0 Å². The Balaban J connectivity index is 1.47. The highest BCUT2D eigenvalue weighted by atomic mass is 16.5. The van der Waals surface area contributed by atoms with E-state index in [1.54, 1.807) is 6.07 Å². The molecule has 1 aliphatic rings. The zero-order valence-corrected chi connectivity index (χ0v) is 17.4. The summed E-state index contributed by atoms with van der Waals surface area (Å²) in [6.45, 7) is 5.49. The highest BCUT2D eigenvalue weighted by molar-refractivity contribution is 5.96. The number of esters is 1. The standard InChI is InChI=1S/C24H26N2O4/c1-17(2)29-18-9-11-19(12-10-18)30-20-15-26(16-20)22-8-6-7-21(24(27)28-3)23(22)25-13-4-5-14-25/h4-14,17,20H,15-16H2,1-3H3. The van der Waals surface area contributed by atoms with Crippen LogP contribution in [0.3, 0.4) is 0 Å². The molecule has 1 fully saturated rings. The van der Waals surface area contributed by atoms with E-state index < -0.39 is 0 Å². The molecule has 0 aliphatic carbocycles. The van der Waals surface area contributed by atoms with Gasteiger partial charge < -0.3 is 23.7 Å². The van der Waals surface area contributed by atoms with E-state index >= 15 is 0 Å². The predicted octanol–water partition coefficient (Wildman–Crippen LogP) is 4.32. The summed E-state index contributed by atoms with van der Waals surface area (Å²) >= 11 is 0. The van der Waals surface area contributed by atoms with Crippen LogP contribution in [0, 0.1) is 0 Å². The van der Waals surface area contributed by atoms with Gasteiger partial charge in [0.25, 0.3) is 0 Å². The number of carbonyl (C=O) groups is 1. The van der Waals surface area contributed by atoms with Crippen LogP contribution >= 0.6 is 0 Å². The van der Waals surface area contributed by atoms with E-state index in [9.17, 15) is 4.79 Å². The second kappa shape index (κ2) is 8.53. The zero-order valence-electron chi connectivity index (χ0n) is 17.4. The number of ether oxygens (including phenoxy) is 3. The van der Waals surface area contributed by atoms with E-state index in [1.165, 1.54) is 7.11 Å². The summed E-state index contributed by atoms with van der Waals surface area (Å²) in [5, 5.41) is 0. The van der Waals surface area contributed by atoms with Crippen molar-refractivity contribution >= 4 is 11.7 Å². The molecule has 0 amide bonds. The van der Waals surface area contributed by atoms with Crippen molar-refractivity contribution in [3.63, 3.8) is 0 Å². The molecule has 156 valence electrons. The molecule has 1 saturated heterocycles. The van der Waals surface area contributed by atoms with Gasteiger partial charge in [-0.25, -0.2) is 4.79 Å². The number of hydrogen-bond acceptors (Lipinski definition) is 5. The summed E-state index contributed by atoms with van der Waals surface area (Å²) in [6.07, 6.45) is 4.09. The molecule has 0 N–H and O–H groups in total. The number of aromatic nitrogens is 1. The average molecular weight is 406 g/mol. The summed E-state index contributed by atoms with van der Waals surface area (Å²) < 4.78 is 18.7. The Kier molecular flexibility index (Phi) is 5.65. The molecule has 0 unspecified atom stereocenters. The summed E-state index contributed by atoms with van der Waals surface area (Å²) in [4.78, 5) is 14.5. The molecule has 3 aromatic rings. The van der Waals surface area contributed by atoms with Crippen molar-refractivity contribution in [3.05, 3.63) is 72.6 Å². The second-order valence-electron chi connectivity index (χ2n) is 7.54. The molecular formula is C24H26N2O4. The van der Waals surface area contributed by atoms with E-state index in [2.05, 4.69) is 4.90 Å². The fourth-order valence-electron chi connectivity index (χ4n) is 3.59. The maximum Gasteiger partial charge on any atom is 0.340 e. The van der Waals surface area contributed by atoms with Gasteiger partial charge in [-0.05, 0) is 62.4 Å². The second-order valence-corrected chi connectivity index (χ2v) is 7.54. The molecule has 0 saturated carbocycles. The summed E-state index contributed by atoms with van der Waals surface area (Å²) in [6, 6.07) is 17.3. The lowest BCUT2D eigenvalue weighted by atomic mass is 10.1. The van der Waals surface area contributed by atoms with Gasteiger partial charge in [0.2, 0.25) is 0 Å². The Morgan fingerprint density at radius 3 is 2.27 bits per heavy atom. The Hall–Kier alpha value is -3.41. The van der Waals surface area contributed by atoms with Gasteiger partial charge in [-0.1, -0.05) is 6.07 Å². The minimum absolute atomic E-state index is 0.0844. The number of methoxy groups -OCH3 is 1. The molecule has 0 bridgehead atoms. The van der Waals surface area contributed by atoms with Crippen LogP contribution in [-0.4, -0.2) is 42.9 Å². The summed E-state index contributed by atoms with van der Waals surface area (Å²) in [5.41, 5.74) is 2.34. The topological polar surface area (TPSA) is 52.9 Å². The Bertz CT molecular complexity index is 991. The monoisotopic (exact) mass is 406 g/mol. The molecule has 6 heteroatoms. The smallest absolute Gasteiger partial charge is 0.340 e. The van der Waals surface area contributed by atoms with Crippen LogP contribution in [0.2, 0.25) is 0 Å². The van der Waals surface area contributed by atoms with Gasteiger partial charge in [-0.3, -0.25) is 0 Å². The van der Waals surface area contributed by atoms with Gasteiger partial charge in [-0.15, -0.1) is 0 Å². The van der Waals surface area contributed by atoms with Crippen molar-refractivity contribution in [2.45, 2.75) is 26.1 Å². The van der Waals surface area contributed by atoms with E-state index in [4.69, 9.17) is 14.2 Å². The van der Waals surface area contributed by atoms with Crippen LogP contribution in [0.5, 0.6) is 11.5 Å². The third kappa shape index (κ3) is 4.13. The van der Waals surface area contributed by atoms with Crippen LogP contribution in [-0.2, 0) is 4.74 Å². The molecular weight excluding hydrogens is 380 g/mol. The SMILES string of the molecule is COC(=O)c1cccc(N2CC(Oc3ccc(OC(C)C)cc3)C2)c1-n1cccc1. The Labute approximate surface area is 176 Å². The van der Waals surface area contributed by atoms with E-state index in [0.29, 0.717) is 5.56 Å². The first-order valence-corrected chi connectivity index (χ1v) is 10.1. The number of benzene rings is 2. The van der Waals surface area contributed by atoms with Crippen LogP contribution in [0.4, 0.5) is 5.69 Å². The fraction of sp³-hybridized carbons (Fsp3) is 0.292. The lowest BCUT2D eigenvalue weighted by Gasteiger charge is -2.41. The average Bonchev–Trinajstić information content (AvgIpc) is 3.24. The molecule has 0 radical (unpaired) electrons. The number of rotatable bonds is 7. The largest absolute Gasteiger partial charge is 0.491 e. The van der Waals surface area contributed by atoms with E-state index in [1.807, 2.05) is 79.3 Å². The van der Waals surface area contributed by atoms with Gasteiger partial charge in [-0.2, -0.15) is 0 Å². The fourth-order valence-corrected chi connectivity index (χ4v) is 3.59. The van der Waals surface area contributed by atoms with Crippen molar-refractivity contribution in [1.29, 1.82) is 0 Å². The van der Waals surface area contributed by atoms with Gasteiger partial charge in [0.15, 0.2) is 0 Å². The van der Waals surface area contributed by atoms with Crippen LogP contribution in [0.15, 0.2) is 67.0 Å². The summed E-state index contributed by atoms with van der Waals surface area (Å²) in [7, 11) is 1.40. The van der Waals surface area contributed by atoms with E-state index in [0.717, 1.165) is 36.0 Å². The number of anilines is 1. The molecule has 1 aromatic heterocycles. The van der Waals surface area contributed by atoms with Crippen LogP contribution in [0.25, 0.3) is 5.69 Å². The molecule has 0 spiro atoms. The van der Waals surface area contributed by atoms with Gasteiger partial charge in [0.05, 0.1) is 43.2 Å². The van der Waals surface area contributed by atoms with Crippen molar-refractivity contribution in [3.8, 4) is 17.2 Å². The summed E-state index contributed by atoms with van der Waals surface area (Å²) in [5.74, 6) is 1.31. The lowest BCUT2D eigenvalue weighted by molar-refractivity contribution is 0.0600. The molecule has 4 rings (SSSR count). The highest BCUT2D eigenvalue weighted by Crippen LogP contribution is 2.33.